The molecule has 0 bridgehead atoms. The van der Waals surface area contributed by atoms with Crippen LogP contribution in [0.3, 0.4) is 0 Å². The predicted molar refractivity (Wildman–Crippen MR) is 112 cm³/mol. The van der Waals surface area contributed by atoms with Crippen molar-refractivity contribution in [2.45, 2.75) is 58.3 Å². The minimum atomic E-state index is -0.0547. The van der Waals surface area contributed by atoms with Gasteiger partial charge in [0.05, 0.1) is 5.92 Å². The van der Waals surface area contributed by atoms with E-state index in [1.165, 1.54) is 24.9 Å². The SMILES string of the molecule is CCCCCCC1C(=O)NC(N2CCN(c3cccc(Cl)c3)CC2)NC1C. The molecule has 2 heterocycles. The van der Waals surface area contributed by atoms with Crippen molar-refractivity contribution in [2.24, 2.45) is 5.92 Å². The Balaban J connectivity index is 1.48. The number of carbonyl (C=O) groups is 1. The summed E-state index contributed by atoms with van der Waals surface area (Å²) in [4.78, 5) is 17.3. The van der Waals surface area contributed by atoms with Gasteiger partial charge in [-0.05, 0) is 31.5 Å². The number of nitrogens with one attached hydrogen (secondary N) is 2. The minimum Gasteiger partial charge on any atom is -0.369 e. The lowest BCUT2D eigenvalue weighted by molar-refractivity contribution is -0.132. The molecule has 3 unspecified atom stereocenters. The Hall–Kier alpha value is -1.30. The molecular weight excluding hydrogens is 360 g/mol. The van der Waals surface area contributed by atoms with Crippen LogP contribution in [0.15, 0.2) is 24.3 Å². The van der Waals surface area contributed by atoms with E-state index in [1.54, 1.807) is 0 Å². The molecule has 2 saturated heterocycles. The topological polar surface area (TPSA) is 47.6 Å². The number of hydrogen-bond donors (Lipinski definition) is 2. The van der Waals surface area contributed by atoms with E-state index in [9.17, 15) is 4.79 Å². The highest BCUT2D eigenvalue weighted by Crippen LogP contribution is 2.23. The first-order valence-electron chi connectivity index (χ1n) is 10.4. The number of hydrogen-bond acceptors (Lipinski definition) is 4. The first-order chi connectivity index (χ1) is 13.1. The summed E-state index contributed by atoms with van der Waals surface area (Å²) in [6, 6.07) is 8.24. The van der Waals surface area contributed by atoms with E-state index in [0.29, 0.717) is 0 Å². The third-order valence-electron chi connectivity index (χ3n) is 5.86. The largest absolute Gasteiger partial charge is 0.369 e. The maximum atomic E-state index is 12.6. The number of unbranched alkanes of at least 4 members (excludes halogenated alkanes) is 3. The molecule has 2 fully saturated rings. The van der Waals surface area contributed by atoms with E-state index in [2.05, 4.69) is 40.3 Å². The van der Waals surface area contributed by atoms with Crippen molar-refractivity contribution >= 4 is 23.2 Å². The Morgan fingerprint density at radius 2 is 1.93 bits per heavy atom. The van der Waals surface area contributed by atoms with Crippen LogP contribution in [0.25, 0.3) is 0 Å². The van der Waals surface area contributed by atoms with Crippen molar-refractivity contribution in [1.82, 2.24) is 15.5 Å². The molecule has 1 aromatic carbocycles. The van der Waals surface area contributed by atoms with Crippen LogP contribution in [-0.2, 0) is 4.79 Å². The number of anilines is 1. The molecule has 0 saturated carbocycles. The summed E-state index contributed by atoms with van der Waals surface area (Å²) < 4.78 is 0. The van der Waals surface area contributed by atoms with Crippen LogP contribution in [0.5, 0.6) is 0 Å². The zero-order valence-corrected chi connectivity index (χ0v) is 17.3. The molecule has 2 aliphatic heterocycles. The number of rotatable bonds is 7. The lowest BCUT2D eigenvalue weighted by atomic mass is 9.91. The van der Waals surface area contributed by atoms with Gasteiger partial charge < -0.3 is 10.2 Å². The average Bonchev–Trinajstić information content (AvgIpc) is 2.67. The number of nitrogens with zero attached hydrogens (tertiary/aromatic N) is 2. The molecule has 2 aliphatic rings. The van der Waals surface area contributed by atoms with Crippen molar-refractivity contribution in [3.05, 3.63) is 29.3 Å². The monoisotopic (exact) mass is 392 g/mol. The summed E-state index contributed by atoms with van der Waals surface area (Å²) in [6.45, 7) is 8.07. The highest BCUT2D eigenvalue weighted by molar-refractivity contribution is 6.30. The summed E-state index contributed by atoms with van der Waals surface area (Å²) in [5.41, 5.74) is 1.17. The van der Waals surface area contributed by atoms with Gasteiger partial charge in [0, 0.05) is 42.9 Å². The van der Waals surface area contributed by atoms with Crippen molar-refractivity contribution in [1.29, 1.82) is 0 Å². The normalized spacial score (nSPS) is 26.9. The van der Waals surface area contributed by atoms with Gasteiger partial charge >= 0.3 is 0 Å². The number of benzene rings is 1. The predicted octanol–water partition coefficient (Wildman–Crippen LogP) is 3.44. The summed E-state index contributed by atoms with van der Waals surface area (Å²) in [5, 5.41) is 7.61. The highest BCUT2D eigenvalue weighted by Gasteiger charge is 2.36. The van der Waals surface area contributed by atoms with Gasteiger partial charge in [-0.15, -0.1) is 0 Å². The molecule has 0 radical (unpaired) electrons. The standard InChI is InChI=1S/C21H33ClN4O/c1-3-4-5-6-10-19-16(2)23-21(24-20(19)27)26-13-11-25(12-14-26)18-9-7-8-17(22)15-18/h7-9,15-16,19,21,23H,3-6,10-14H2,1-2H3,(H,24,27). The highest BCUT2D eigenvalue weighted by atomic mass is 35.5. The Morgan fingerprint density at radius 3 is 2.59 bits per heavy atom. The summed E-state index contributed by atoms with van der Waals surface area (Å²) >= 11 is 6.12. The average molecular weight is 393 g/mol. The Morgan fingerprint density at radius 1 is 1.15 bits per heavy atom. The molecule has 27 heavy (non-hydrogen) atoms. The van der Waals surface area contributed by atoms with E-state index in [1.807, 2.05) is 18.2 Å². The Kier molecular flexibility index (Phi) is 7.39. The first-order valence-corrected chi connectivity index (χ1v) is 10.8. The maximum absolute atomic E-state index is 12.6. The molecule has 1 aromatic rings. The summed E-state index contributed by atoms with van der Waals surface area (Å²) in [6.07, 6.45) is 5.78. The van der Waals surface area contributed by atoms with Crippen molar-refractivity contribution < 1.29 is 4.79 Å². The van der Waals surface area contributed by atoms with E-state index in [0.717, 1.165) is 44.0 Å². The van der Waals surface area contributed by atoms with Crippen LogP contribution in [0.2, 0.25) is 5.02 Å². The fraction of sp³-hybridized carbons (Fsp3) is 0.667. The second kappa shape index (κ2) is 9.76. The van der Waals surface area contributed by atoms with Crippen molar-refractivity contribution in [3.63, 3.8) is 0 Å². The van der Waals surface area contributed by atoms with Crippen LogP contribution < -0.4 is 15.5 Å². The van der Waals surface area contributed by atoms with Gasteiger partial charge in [0.25, 0.3) is 0 Å². The molecule has 150 valence electrons. The van der Waals surface area contributed by atoms with Gasteiger partial charge in [-0.3, -0.25) is 15.0 Å². The molecule has 0 aromatic heterocycles. The zero-order chi connectivity index (χ0) is 19.2. The maximum Gasteiger partial charge on any atom is 0.226 e. The van der Waals surface area contributed by atoms with E-state index in [-0.39, 0.29) is 24.2 Å². The first kappa shape index (κ1) is 20.4. The van der Waals surface area contributed by atoms with Gasteiger partial charge in [-0.1, -0.05) is 50.3 Å². The number of piperazine rings is 1. The third kappa shape index (κ3) is 5.37. The van der Waals surface area contributed by atoms with Gasteiger partial charge in [0.15, 0.2) is 0 Å². The van der Waals surface area contributed by atoms with E-state index >= 15 is 0 Å². The number of carbonyl (C=O) groups excluding carboxylic acids is 1. The Bertz CT molecular complexity index is 618. The molecule has 6 heteroatoms. The van der Waals surface area contributed by atoms with Gasteiger partial charge in [-0.2, -0.15) is 0 Å². The molecular formula is C21H33ClN4O. The smallest absolute Gasteiger partial charge is 0.226 e. The number of amides is 1. The quantitative estimate of drug-likeness (QED) is 0.698. The molecule has 0 aliphatic carbocycles. The van der Waals surface area contributed by atoms with Gasteiger partial charge in [-0.25, -0.2) is 0 Å². The second-order valence-electron chi connectivity index (χ2n) is 7.83. The van der Waals surface area contributed by atoms with Crippen molar-refractivity contribution in [2.75, 3.05) is 31.1 Å². The molecule has 2 N–H and O–H groups in total. The van der Waals surface area contributed by atoms with Crippen LogP contribution in [0, 0.1) is 5.92 Å². The molecule has 5 nitrogen and oxygen atoms in total. The van der Waals surface area contributed by atoms with Crippen LogP contribution in [-0.4, -0.2) is 49.3 Å². The second-order valence-corrected chi connectivity index (χ2v) is 8.26. The van der Waals surface area contributed by atoms with Crippen LogP contribution in [0.4, 0.5) is 5.69 Å². The van der Waals surface area contributed by atoms with E-state index < -0.39 is 0 Å². The Labute approximate surface area is 168 Å². The fourth-order valence-corrected chi connectivity index (χ4v) is 4.34. The summed E-state index contributed by atoms with van der Waals surface area (Å²) in [5.74, 6) is 0.297. The molecule has 0 spiro atoms. The molecule has 1 amide bonds. The number of halogens is 1. The van der Waals surface area contributed by atoms with Crippen LogP contribution in [0.1, 0.15) is 46.0 Å². The van der Waals surface area contributed by atoms with Gasteiger partial charge in [0.2, 0.25) is 5.91 Å². The zero-order valence-electron chi connectivity index (χ0n) is 16.6. The van der Waals surface area contributed by atoms with Crippen molar-refractivity contribution in [3.8, 4) is 0 Å². The third-order valence-corrected chi connectivity index (χ3v) is 6.10. The molecule has 3 rings (SSSR count). The van der Waals surface area contributed by atoms with E-state index in [4.69, 9.17) is 11.6 Å². The minimum absolute atomic E-state index is 0.0547. The summed E-state index contributed by atoms with van der Waals surface area (Å²) in [7, 11) is 0. The lowest BCUT2D eigenvalue weighted by Gasteiger charge is -2.45. The van der Waals surface area contributed by atoms with Gasteiger partial charge in [0.1, 0.15) is 6.29 Å². The fourth-order valence-electron chi connectivity index (χ4n) is 4.16. The van der Waals surface area contributed by atoms with Crippen LogP contribution >= 0.6 is 11.6 Å². The molecule has 3 atom stereocenters. The lowest BCUT2D eigenvalue weighted by Crippen LogP contribution is -2.68.